The molecule has 0 aliphatic carbocycles. The molecule has 2 heterocycles. The summed E-state index contributed by atoms with van der Waals surface area (Å²) in [5.74, 6) is 0.494. The number of hydrogen-bond donors (Lipinski definition) is 1. The van der Waals surface area contributed by atoms with Crippen LogP contribution in [0, 0.1) is 0 Å². The first-order valence-electron chi connectivity index (χ1n) is 6.47. The fraction of sp³-hybridized carbons (Fsp3) is 0.133. The van der Waals surface area contributed by atoms with Crippen LogP contribution in [0.5, 0.6) is 0 Å². The summed E-state index contributed by atoms with van der Waals surface area (Å²) >= 11 is 5.66. The molecule has 6 heteroatoms. The SMILES string of the molecule is O=C(CCc1cc(Cl)no1)Nc1cccc2ncccc12. The predicted molar refractivity (Wildman–Crippen MR) is 80.2 cm³/mol. The van der Waals surface area contributed by atoms with Crippen molar-refractivity contribution in [1.82, 2.24) is 10.1 Å². The number of aromatic nitrogens is 2. The second-order valence-corrected chi connectivity index (χ2v) is 4.93. The van der Waals surface area contributed by atoms with Crippen molar-refractivity contribution in [2.75, 3.05) is 5.32 Å². The fourth-order valence-electron chi connectivity index (χ4n) is 2.07. The lowest BCUT2D eigenvalue weighted by Crippen LogP contribution is -2.12. The van der Waals surface area contributed by atoms with E-state index in [1.165, 1.54) is 0 Å². The number of pyridine rings is 1. The Bertz CT molecular complexity index is 780. The first-order valence-corrected chi connectivity index (χ1v) is 6.85. The number of carbonyl (C=O) groups is 1. The summed E-state index contributed by atoms with van der Waals surface area (Å²) < 4.78 is 4.96. The van der Waals surface area contributed by atoms with Crippen LogP contribution in [-0.2, 0) is 11.2 Å². The summed E-state index contributed by atoms with van der Waals surface area (Å²) in [7, 11) is 0. The minimum atomic E-state index is -0.0983. The van der Waals surface area contributed by atoms with E-state index < -0.39 is 0 Å². The number of carbonyl (C=O) groups excluding carboxylic acids is 1. The summed E-state index contributed by atoms with van der Waals surface area (Å²) in [6.07, 6.45) is 2.47. The average Bonchev–Trinajstić information content (AvgIpc) is 2.91. The van der Waals surface area contributed by atoms with Gasteiger partial charge in [-0.15, -0.1) is 0 Å². The van der Waals surface area contributed by atoms with Crippen molar-refractivity contribution in [3.8, 4) is 0 Å². The largest absolute Gasteiger partial charge is 0.360 e. The zero-order valence-electron chi connectivity index (χ0n) is 11.0. The lowest BCUT2D eigenvalue weighted by Gasteiger charge is -2.07. The van der Waals surface area contributed by atoms with E-state index in [0.717, 1.165) is 16.6 Å². The Hall–Kier alpha value is -2.40. The Kier molecular flexibility index (Phi) is 3.83. The molecular formula is C15H12ClN3O2. The van der Waals surface area contributed by atoms with Gasteiger partial charge in [-0.3, -0.25) is 9.78 Å². The second kappa shape index (κ2) is 5.93. The molecule has 0 saturated carbocycles. The molecule has 5 nitrogen and oxygen atoms in total. The number of hydrogen-bond acceptors (Lipinski definition) is 4. The van der Waals surface area contributed by atoms with E-state index in [-0.39, 0.29) is 5.91 Å². The number of anilines is 1. The zero-order valence-corrected chi connectivity index (χ0v) is 11.8. The lowest BCUT2D eigenvalue weighted by molar-refractivity contribution is -0.116. The van der Waals surface area contributed by atoms with Crippen LogP contribution in [0.4, 0.5) is 5.69 Å². The topological polar surface area (TPSA) is 68.0 Å². The molecule has 1 N–H and O–H groups in total. The highest BCUT2D eigenvalue weighted by molar-refractivity contribution is 6.29. The zero-order chi connectivity index (χ0) is 14.7. The third kappa shape index (κ3) is 3.20. The quantitative estimate of drug-likeness (QED) is 0.801. The van der Waals surface area contributed by atoms with E-state index in [0.29, 0.717) is 23.8 Å². The van der Waals surface area contributed by atoms with Gasteiger partial charge >= 0.3 is 0 Å². The van der Waals surface area contributed by atoms with Gasteiger partial charge in [0, 0.05) is 30.5 Å². The summed E-state index contributed by atoms with van der Waals surface area (Å²) in [5.41, 5.74) is 1.60. The third-order valence-electron chi connectivity index (χ3n) is 3.05. The molecule has 0 aliphatic heterocycles. The van der Waals surface area contributed by atoms with Gasteiger partial charge in [-0.2, -0.15) is 0 Å². The average molecular weight is 302 g/mol. The van der Waals surface area contributed by atoms with Gasteiger partial charge in [-0.1, -0.05) is 22.8 Å². The molecule has 0 spiro atoms. The third-order valence-corrected chi connectivity index (χ3v) is 3.23. The van der Waals surface area contributed by atoms with Gasteiger partial charge in [0.1, 0.15) is 5.76 Å². The molecular weight excluding hydrogens is 290 g/mol. The first kappa shape index (κ1) is 13.6. The molecule has 0 radical (unpaired) electrons. The van der Waals surface area contributed by atoms with Crippen molar-refractivity contribution in [3.63, 3.8) is 0 Å². The number of fused-ring (bicyclic) bond motifs is 1. The Morgan fingerprint density at radius 2 is 2.19 bits per heavy atom. The van der Waals surface area contributed by atoms with E-state index in [4.69, 9.17) is 16.1 Å². The molecule has 106 valence electrons. The van der Waals surface area contributed by atoms with Crippen LogP contribution in [0.1, 0.15) is 12.2 Å². The number of nitrogens with one attached hydrogen (secondary N) is 1. The molecule has 1 amide bonds. The van der Waals surface area contributed by atoms with Crippen LogP contribution in [0.3, 0.4) is 0 Å². The number of halogens is 1. The van der Waals surface area contributed by atoms with E-state index in [1.54, 1.807) is 12.3 Å². The smallest absolute Gasteiger partial charge is 0.224 e. The molecule has 21 heavy (non-hydrogen) atoms. The second-order valence-electron chi connectivity index (χ2n) is 4.54. The lowest BCUT2D eigenvalue weighted by atomic mass is 10.1. The Balaban J connectivity index is 1.69. The molecule has 0 atom stereocenters. The Morgan fingerprint density at radius 3 is 3.00 bits per heavy atom. The van der Waals surface area contributed by atoms with Crippen molar-refractivity contribution in [2.45, 2.75) is 12.8 Å². The van der Waals surface area contributed by atoms with Crippen molar-refractivity contribution < 1.29 is 9.32 Å². The van der Waals surface area contributed by atoms with E-state index in [1.807, 2.05) is 30.3 Å². The van der Waals surface area contributed by atoms with Crippen molar-refractivity contribution in [1.29, 1.82) is 0 Å². The number of aryl methyl sites for hydroxylation is 1. The normalized spacial score (nSPS) is 10.7. The van der Waals surface area contributed by atoms with Gasteiger partial charge in [-0.25, -0.2) is 0 Å². The standard InChI is InChI=1S/C15H12ClN3O2/c16-14-9-10(21-19-14)6-7-15(20)18-13-5-1-4-12-11(13)3-2-8-17-12/h1-5,8-9H,6-7H2,(H,18,20). The van der Waals surface area contributed by atoms with E-state index >= 15 is 0 Å². The van der Waals surface area contributed by atoms with Crippen LogP contribution < -0.4 is 5.32 Å². The van der Waals surface area contributed by atoms with Crippen molar-refractivity contribution >= 4 is 34.1 Å². The number of benzene rings is 1. The summed E-state index contributed by atoms with van der Waals surface area (Å²) in [6, 6.07) is 11.0. The molecule has 0 unspecified atom stereocenters. The van der Waals surface area contributed by atoms with Crippen LogP contribution >= 0.6 is 11.6 Å². The molecule has 3 rings (SSSR count). The molecule has 0 aliphatic rings. The highest BCUT2D eigenvalue weighted by Crippen LogP contribution is 2.21. The maximum absolute atomic E-state index is 12.0. The van der Waals surface area contributed by atoms with Gasteiger partial charge < -0.3 is 9.84 Å². The minimum absolute atomic E-state index is 0.0983. The van der Waals surface area contributed by atoms with Crippen LogP contribution in [-0.4, -0.2) is 16.0 Å². The van der Waals surface area contributed by atoms with Crippen molar-refractivity contribution in [3.05, 3.63) is 53.5 Å². The van der Waals surface area contributed by atoms with E-state index in [9.17, 15) is 4.79 Å². The molecule has 0 bridgehead atoms. The van der Waals surface area contributed by atoms with Crippen LogP contribution in [0.25, 0.3) is 10.9 Å². The van der Waals surface area contributed by atoms with Crippen LogP contribution in [0.15, 0.2) is 47.1 Å². The number of rotatable bonds is 4. The predicted octanol–water partition coefficient (Wildman–Crippen LogP) is 3.45. The highest BCUT2D eigenvalue weighted by Gasteiger charge is 2.08. The Morgan fingerprint density at radius 1 is 1.29 bits per heavy atom. The monoisotopic (exact) mass is 301 g/mol. The van der Waals surface area contributed by atoms with Crippen LogP contribution in [0.2, 0.25) is 5.15 Å². The first-order chi connectivity index (χ1) is 10.2. The van der Waals surface area contributed by atoms with Gasteiger partial charge in [0.15, 0.2) is 5.15 Å². The Labute approximate surface area is 125 Å². The van der Waals surface area contributed by atoms with Gasteiger partial charge in [0.2, 0.25) is 5.91 Å². The maximum Gasteiger partial charge on any atom is 0.224 e. The maximum atomic E-state index is 12.0. The number of nitrogens with zero attached hydrogens (tertiary/aromatic N) is 2. The molecule has 1 aromatic carbocycles. The fourth-order valence-corrected chi connectivity index (χ4v) is 2.22. The van der Waals surface area contributed by atoms with Gasteiger partial charge in [0.25, 0.3) is 0 Å². The molecule has 0 saturated heterocycles. The summed E-state index contributed by atoms with van der Waals surface area (Å²) in [5, 5.41) is 7.67. The summed E-state index contributed by atoms with van der Waals surface area (Å²) in [4.78, 5) is 16.3. The number of amides is 1. The molecule has 0 fully saturated rings. The van der Waals surface area contributed by atoms with Gasteiger partial charge in [0.05, 0.1) is 11.2 Å². The van der Waals surface area contributed by atoms with Gasteiger partial charge in [-0.05, 0) is 24.3 Å². The van der Waals surface area contributed by atoms with Crippen molar-refractivity contribution in [2.24, 2.45) is 0 Å². The molecule has 3 aromatic rings. The molecule has 2 aromatic heterocycles. The summed E-state index contributed by atoms with van der Waals surface area (Å²) in [6.45, 7) is 0. The highest BCUT2D eigenvalue weighted by atomic mass is 35.5. The van der Waals surface area contributed by atoms with E-state index in [2.05, 4.69) is 15.5 Å². The minimum Gasteiger partial charge on any atom is -0.360 e.